The van der Waals surface area contributed by atoms with Gasteiger partial charge in [-0.3, -0.25) is 5.10 Å². The Hall–Kier alpha value is -1.66. The van der Waals surface area contributed by atoms with E-state index in [1.54, 1.807) is 12.1 Å². The van der Waals surface area contributed by atoms with Crippen molar-refractivity contribution in [3.63, 3.8) is 0 Å². The predicted molar refractivity (Wildman–Crippen MR) is 80.6 cm³/mol. The van der Waals surface area contributed by atoms with E-state index in [9.17, 15) is 8.42 Å². The van der Waals surface area contributed by atoms with Crippen molar-refractivity contribution >= 4 is 10.0 Å². The van der Waals surface area contributed by atoms with E-state index >= 15 is 0 Å². The second kappa shape index (κ2) is 5.27. The molecule has 21 heavy (non-hydrogen) atoms. The van der Waals surface area contributed by atoms with Gasteiger partial charge in [-0.05, 0) is 55.5 Å². The van der Waals surface area contributed by atoms with Gasteiger partial charge in [0.15, 0.2) is 0 Å². The minimum atomic E-state index is -3.47. The highest BCUT2D eigenvalue weighted by Gasteiger charge is 2.25. The lowest BCUT2D eigenvalue weighted by Crippen LogP contribution is -2.38. The minimum absolute atomic E-state index is 0.0791. The quantitative estimate of drug-likeness (QED) is 0.909. The molecule has 3 rings (SSSR count). The highest BCUT2D eigenvalue weighted by molar-refractivity contribution is 7.89. The van der Waals surface area contributed by atoms with Crippen molar-refractivity contribution in [2.75, 3.05) is 0 Å². The van der Waals surface area contributed by atoms with Gasteiger partial charge in [0.25, 0.3) is 0 Å². The van der Waals surface area contributed by atoms with Crippen LogP contribution in [0.1, 0.15) is 28.8 Å². The van der Waals surface area contributed by atoms with E-state index in [-0.39, 0.29) is 6.04 Å². The fourth-order valence-corrected chi connectivity index (χ4v) is 4.03. The van der Waals surface area contributed by atoms with Crippen LogP contribution >= 0.6 is 0 Å². The van der Waals surface area contributed by atoms with Gasteiger partial charge in [-0.15, -0.1) is 0 Å². The molecule has 1 aliphatic carbocycles. The Morgan fingerprint density at radius 1 is 1.29 bits per heavy atom. The molecule has 1 unspecified atom stereocenters. The number of nitrogens with zero attached hydrogens (tertiary/aromatic N) is 1. The number of sulfonamides is 1. The monoisotopic (exact) mass is 305 g/mol. The molecular weight excluding hydrogens is 286 g/mol. The zero-order chi connectivity index (χ0) is 15.0. The van der Waals surface area contributed by atoms with Crippen LogP contribution in [0.4, 0.5) is 0 Å². The second-order valence-electron chi connectivity index (χ2n) is 5.68. The van der Waals surface area contributed by atoms with E-state index in [0.29, 0.717) is 11.3 Å². The smallest absolute Gasteiger partial charge is 0.240 e. The number of rotatable bonds is 3. The van der Waals surface area contributed by atoms with Crippen LogP contribution in [0.2, 0.25) is 0 Å². The Kier molecular flexibility index (Phi) is 3.59. The zero-order valence-electron chi connectivity index (χ0n) is 12.2. The predicted octanol–water partition coefficient (Wildman–Crippen LogP) is 1.86. The van der Waals surface area contributed by atoms with Crippen LogP contribution in [-0.2, 0) is 22.9 Å². The zero-order valence-corrected chi connectivity index (χ0v) is 13.0. The lowest BCUT2D eigenvalue weighted by atomic mass is 9.95. The van der Waals surface area contributed by atoms with Gasteiger partial charge in [0.1, 0.15) is 0 Å². The molecule has 0 saturated heterocycles. The summed E-state index contributed by atoms with van der Waals surface area (Å²) >= 11 is 0. The maximum atomic E-state index is 12.5. The number of benzene rings is 1. The lowest BCUT2D eigenvalue weighted by molar-refractivity contribution is 0.504. The van der Waals surface area contributed by atoms with Crippen LogP contribution in [0, 0.1) is 13.8 Å². The molecule has 2 N–H and O–H groups in total. The Morgan fingerprint density at radius 3 is 2.86 bits per heavy atom. The number of hydrogen-bond donors (Lipinski definition) is 2. The number of nitrogens with one attached hydrogen (secondary N) is 2. The van der Waals surface area contributed by atoms with E-state index in [1.165, 1.54) is 5.56 Å². The Balaban J connectivity index is 1.79. The van der Waals surface area contributed by atoms with Crippen molar-refractivity contribution in [2.45, 2.75) is 44.0 Å². The van der Waals surface area contributed by atoms with Gasteiger partial charge in [0.05, 0.1) is 11.1 Å². The summed E-state index contributed by atoms with van der Waals surface area (Å²) in [6.07, 6.45) is 4.14. The summed E-state index contributed by atoms with van der Waals surface area (Å²) in [5.41, 5.74) is 4.30. The number of fused-ring (bicyclic) bond motifs is 1. The van der Waals surface area contributed by atoms with Crippen LogP contribution in [0.5, 0.6) is 0 Å². The number of hydrogen-bond acceptors (Lipinski definition) is 3. The molecule has 1 aliphatic rings. The van der Waals surface area contributed by atoms with E-state index in [0.717, 1.165) is 29.7 Å². The molecule has 0 amide bonds. The number of aryl methyl sites for hydroxylation is 3. The van der Waals surface area contributed by atoms with Crippen molar-refractivity contribution < 1.29 is 8.42 Å². The molecule has 6 heteroatoms. The molecule has 5 nitrogen and oxygen atoms in total. The molecule has 0 bridgehead atoms. The third-order valence-corrected chi connectivity index (χ3v) is 5.65. The van der Waals surface area contributed by atoms with Gasteiger partial charge in [0.2, 0.25) is 10.0 Å². The third-order valence-electron chi connectivity index (χ3n) is 4.13. The summed E-state index contributed by atoms with van der Waals surface area (Å²) < 4.78 is 27.8. The summed E-state index contributed by atoms with van der Waals surface area (Å²) in [6.45, 7) is 3.89. The average Bonchev–Trinajstić information content (AvgIpc) is 2.88. The fourth-order valence-electron chi connectivity index (χ4n) is 2.68. The van der Waals surface area contributed by atoms with E-state index < -0.39 is 10.0 Å². The largest absolute Gasteiger partial charge is 0.282 e. The Labute approximate surface area is 124 Å². The molecule has 2 aromatic rings. The third kappa shape index (κ3) is 2.87. The molecule has 0 spiro atoms. The normalized spacial score (nSPS) is 18.5. The summed E-state index contributed by atoms with van der Waals surface area (Å²) in [6, 6.07) is 5.15. The summed E-state index contributed by atoms with van der Waals surface area (Å²) in [4.78, 5) is 0.334. The van der Waals surface area contributed by atoms with Gasteiger partial charge in [-0.2, -0.15) is 5.10 Å². The van der Waals surface area contributed by atoms with Gasteiger partial charge in [0, 0.05) is 18.2 Å². The molecule has 1 aromatic heterocycles. The van der Waals surface area contributed by atoms with Gasteiger partial charge >= 0.3 is 0 Å². The first-order valence-corrected chi connectivity index (χ1v) is 8.55. The van der Waals surface area contributed by atoms with Gasteiger partial charge < -0.3 is 0 Å². The minimum Gasteiger partial charge on any atom is -0.282 e. The fraction of sp³-hybridized carbons (Fsp3) is 0.400. The SMILES string of the molecule is Cc1ccc(S(=O)(=O)NC2CCc3cn[nH]c3C2)cc1C. The molecule has 1 heterocycles. The molecule has 1 atom stereocenters. The average molecular weight is 305 g/mol. The molecule has 0 fully saturated rings. The molecular formula is C15H19N3O2S. The lowest BCUT2D eigenvalue weighted by Gasteiger charge is -2.22. The van der Waals surface area contributed by atoms with Crippen molar-refractivity contribution in [1.29, 1.82) is 0 Å². The van der Waals surface area contributed by atoms with Gasteiger partial charge in [-0.1, -0.05) is 6.07 Å². The first kappa shape index (κ1) is 14.3. The standard InChI is InChI=1S/C15H19N3O2S/c1-10-3-6-14(7-11(10)2)21(19,20)18-13-5-4-12-9-16-17-15(12)8-13/h3,6-7,9,13,18H,4-5,8H2,1-2H3,(H,16,17). The van der Waals surface area contributed by atoms with Crippen LogP contribution < -0.4 is 4.72 Å². The van der Waals surface area contributed by atoms with Crippen molar-refractivity contribution in [3.05, 3.63) is 46.8 Å². The van der Waals surface area contributed by atoms with Crippen LogP contribution in [0.3, 0.4) is 0 Å². The van der Waals surface area contributed by atoms with Crippen LogP contribution in [0.25, 0.3) is 0 Å². The molecule has 0 radical (unpaired) electrons. The van der Waals surface area contributed by atoms with E-state index in [1.807, 2.05) is 26.1 Å². The van der Waals surface area contributed by atoms with Crippen molar-refractivity contribution in [1.82, 2.24) is 14.9 Å². The first-order valence-electron chi connectivity index (χ1n) is 7.06. The van der Waals surface area contributed by atoms with E-state index in [4.69, 9.17) is 0 Å². The molecule has 1 aromatic carbocycles. The summed E-state index contributed by atoms with van der Waals surface area (Å²) in [5.74, 6) is 0. The maximum absolute atomic E-state index is 12.5. The first-order chi connectivity index (χ1) is 9.95. The topological polar surface area (TPSA) is 74.8 Å². The number of H-pyrrole nitrogens is 1. The molecule has 0 saturated carbocycles. The van der Waals surface area contributed by atoms with Crippen molar-refractivity contribution in [3.8, 4) is 0 Å². The molecule has 0 aliphatic heterocycles. The van der Waals surface area contributed by atoms with Crippen LogP contribution in [-0.4, -0.2) is 24.7 Å². The van der Waals surface area contributed by atoms with Crippen molar-refractivity contribution in [2.24, 2.45) is 0 Å². The number of aromatic nitrogens is 2. The Bertz CT molecular complexity index is 765. The van der Waals surface area contributed by atoms with E-state index in [2.05, 4.69) is 14.9 Å². The van der Waals surface area contributed by atoms with Crippen LogP contribution in [0.15, 0.2) is 29.3 Å². The summed E-state index contributed by atoms with van der Waals surface area (Å²) in [5, 5.41) is 6.96. The van der Waals surface area contributed by atoms with Gasteiger partial charge in [-0.25, -0.2) is 13.1 Å². The maximum Gasteiger partial charge on any atom is 0.240 e. The number of aromatic amines is 1. The Morgan fingerprint density at radius 2 is 2.10 bits per heavy atom. The second-order valence-corrected chi connectivity index (χ2v) is 7.39. The highest BCUT2D eigenvalue weighted by atomic mass is 32.2. The summed E-state index contributed by atoms with van der Waals surface area (Å²) in [7, 11) is -3.47. The highest BCUT2D eigenvalue weighted by Crippen LogP contribution is 2.21. The molecule has 112 valence electrons.